The van der Waals surface area contributed by atoms with Crippen LogP contribution in [0, 0.1) is 0 Å². The summed E-state index contributed by atoms with van der Waals surface area (Å²) < 4.78 is 8.37. The first-order valence-corrected chi connectivity index (χ1v) is 10.4. The van der Waals surface area contributed by atoms with Crippen LogP contribution in [-0.4, -0.2) is 30.2 Å². The number of fused-ring (bicyclic) bond motifs is 6. The fraction of sp³-hybridized carbons (Fsp3) is 0.143. The van der Waals surface area contributed by atoms with Crippen molar-refractivity contribution in [2.24, 2.45) is 0 Å². The first-order chi connectivity index (χ1) is 13.2. The Morgan fingerprint density at radius 3 is 1.89 bits per heavy atom. The first kappa shape index (κ1) is 17.1. The Bertz CT molecular complexity index is 1230. The molecule has 0 aliphatic heterocycles. The summed E-state index contributed by atoms with van der Waals surface area (Å²) in [6, 6.07) is 14.9. The van der Waals surface area contributed by atoms with E-state index in [-0.39, 0.29) is 0 Å². The molecule has 0 unspecified atom stereocenters. The highest BCUT2D eigenvalue weighted by Gasteiger charge is 2.17. The molecule has 0 saturated heterocycles. The predicted octanol–water partition coefficient (Wildman–Crippen LogP) is 6.08. The van der Waals surface area contributed by atoms with Crippen LogP contribution in [0.15, 0.2) is 51.4 Å². The maximum atomic E-state index is 6.24. The molecule has 2 heterocycles. The quantitative estimate of drug-likeness (QED) is 0.269. The average molecular weight is 487 g/mol. The summed E-state index contributed by atoms with van der Waals surface area (Å²) >= 11 is 7.20. The molecule has 0 radical (unpaired) electrons. The van der Waals surface area contributed by atoms with E-state index in [1.165, 1.54) is 21.5 Å². The number of halogens is 2. The van der Waals surface area contributed by atoms with E-state index in [0.717, 1.165) is 43.3 Å². The van der Waals surface area contributed by atoms with Crippen LogP contribution in [0.25, 0.3) is 43.6 Å². The van der Waals surface area contributed by atoms with E-state index in [1.54, 1.807) is 0 Å². The minimum atomic E-state index is 0.600. The SMILES string of the molecule is CNCCOc1c2[nH]c3ccc(Br)cc3c2cc2c1[nH]c1ccc(Br)cc12. The lowest BCUT2D eigenvalue weighted by atomic mass is 10.1. The summed E-state index contributed by atoms with van der Waals surface area (Å²) in [4.78, 5) is 7.11. The van der Waals surface area contributed by atoms with E-state index < -0.39 is 0 Å². The summed E-state index contributed by atoms with van der Waals surface area (Å²) in [7, 11) is 1.93. The van der Waals surface area contributed by atoms with Gasteiger partial charge in [-0.25, -0.2) is 0 Å². The van der Waals surface area contributed by atoms with Crippen LogP contribution in [0.5, 0.6) is 5.75 Å². The number of nitrogens with one attached hydrogen (secondary N) is 3. The Morgan fingerprint density at radius 2 is 1.37 bits per heavy atom. The van der Waals surface area contributed by atoms with E-state index in [1.807, 2.05) is 7.05 Å². The van der Waals surface area contributed by atoms with Gasteiger partial charge in [0.25, 0.3) is 0 Å². The van der Waals surface area contributed by atoms with Gasteiger partial charge in [0.1, 0.15) is 6.61 Å². The van der Waals surface area contributed by atoms with Gasteiger partial charge in [0.15, 0.2) is 5.75 Å². The summed E-state index contributed by atoms with van der Waals surface area (Å²) in [5.41, 5.74) is 4.25. The average Bonchev–Trinajstić information content (AvgIpc) is 3.19. The molecule has 4 nitrogen and oxygen atoms in total. The summed E-state index contributed by atoms with van der Waals surface area (Å²) in [6.07, 6.45) is 0. The molecule has 0 saturated carbocycles. The fourth-order valence-electron chi connectivity index (χ4n) is 3.70. The Hall–Kier alpha value is -2.02. The maximum Gasteiger partial charge on any atom is 0.167 e. The van der Waals surface area contributed by atoms with Crippen molar-refractivity contribution in [3.8, 4) is 5.75 Å². The summed E-state index contributed by atoms with van der Waals surface area (Å²) in [5, 5.41) is 7.84. The van der Waals surface area contributed by atoms with Gasteiger partial charge in [-0.1, -0.05) is 31.9 Å². The molecular formula is C21H17Br2N3O. The van der Waals surface area contributed by atoms with E-state index >= 15 is 0 Å². The lowest BCUT2D eigenvalue weighted by Crippen LogP contribution is -2.16. The number of likely N-dealkylation sites (N-methyl/N-ethyl adjacent to an activating group) is 1. The smallest absolute Gasteiger partial charge is 0.167 e. The van der Waals surface area contributed by atoms with Gasteiger partial charge in [-0.15, -0.1) is 0 Å². The molecule has 6 heteroatoms. The third-order valence-electron chi connectivity index (χ3n) is 4.94. The van der Waals surface area contributed by atoms with E-state index in [4.69, 9.17) is 4.74 Å². The zero-order valence-electron chi connectivity index (χ0n) is 14.6. The minimum absolute atomic E-state index is 0.600. The van der Waals surface area contributed by atoms with Gasteiger partial charge >= 0.3 is 0 Å². The molecule has 0 spiro atoms. The lowest BCUT2D eigenvalue weighted by Gasteiger charge is -2.09. The summed E-state index contributed by atoms with van der Waals surface area (Å²) in [5.74, 6) is 0.873. The highest BCUT2D eigenvalue weighted by molar-refractivity contribution is 9.10. The van der Waals surface area contributed by atoms with Gasteiger partial charge in [-0.3, -0.25) is 0 Å². The Labute approximate surface area is 172 Å². The fourth-order valence-corrected chi connectivity index (χ4v) is 4.42. The molecule has 5 aromatic rings. The number of H-pyrrole nitrogens is 2. The second-order valence-corrected chi connectivity index (χ2v) is 8.46. The van der Waals surface area contributed by atoms with Crippen molar-refractivity contribution < 1.29 is 4.74 Å². The molecule has 27 heavy (non-hydrogen) atoms. The number of aromatic amines is 2. The third-order valence-corrected chi connectivity index (χ3v) is 5.93. The van der Waals surface area contributed by atoms with Crippen LogP contribution < -0.4 is 10.1 Å². The number of aromatic nitrogens is 2. The first-order valence-electron chi connectivity index (χ1n) is 8.78. The van der Waals surface area contributed by atoms with Crippen LogP contribution in [0.1, 0.15) is 0 Å². The van der Waals surface area contributed by atoms with Crippen LogP contribution >= 0.6 is 31.9 Å². The zero-order valence-corrected chi connectivity index (χ0v) is 17.8. The molecule has 0 fully saturated rings. The van der Waals surface area contributed by atoms with Crippen molar-refractivity contribution in [2.75, 3.05) is 20.2 Å². The van der Waals surface area contributed by atoms with E-state index in [2.05, 4.69) is 89.6 Å². The van der Waals surface area contributed by atoms with Crippen LogP contribution in [-0.2, 0) is 0 Å². The largest absolute Gasteiger partial charge is 0.488 e. The standard InChI is InChI=1S/C21H17Br2N3O/c1-24-6-7-27-21-19-15(13-8-11(22)2-4-17(13)25-19)10-16-14-9-12(23)3-5-18(14)26-20(16)21/h2-5,8-10,24-26H,6-7H2,1H3. The molecule has 136 valence electrons. The van der Waals surface area contributed by atoms with Crippen molar-refractivity contribution in [3.63, 3.8) is 0 Å². The lowest BCUT2D eigenvalue weighted by molar-refractivity contribution is 0.324. The van der Waals surface area contributed by atoms with Gasteiger partial charge in [-0.05, 0) is 49.5 Å². The van der Waals surface area contributed by atoms with Crippen LogP contribution in [0.3, 0.4) is 0 Å². The van der Waals surface area contributed by atoms with Crippen molar-refractivity contribution >= 4 is 75.5 Å². The Kier molecular flexibility index (Phi) is 4.15. The number of ether oxygens (including phenoxy) is 1. The van der Waals surface area contributed by atoms with Crippen molar-refractivity contribution in [1.82, 2.24) is 15.3 Å². The summed E-state index contributed by atoms with van der Waals surface area (Å²) in [6.45, 7) is 1.39. The van der Waals surface area contributed by atoms with Gasteiger partial charge in [0, 0.05) is 48.1 Å². The number of rotatable bonds is 4. The molecule has 3 N–H and O–H groups in total. The third kappa shape index (κ3) is 2.74. The molecule has 0 amide bonds. The van der Waals surface area contributed by atoms with E-state index in [0.29, 0.717) is 6.61 Å². The van der Waals surface area contributed by atoms with Gasteiger partial charge < -0.3 is 20.0 Å². The molecule has 0 bridgehead atoms. The Morgan fingerprint density at radius 1 is 0.815 bits per heavy atom. The molecule has 0 aliphatic carbocycles. The minimum Gasteiger partial charge on any atom is -0.488 e. The molecule has 5 rings (SSSR count). The second kappa shape index (κ2) is 6.55. The second-order valence-electron chi connectivity index (χ2n) is 6.63. The normalized spacial score (nSPS) is 12.0. The van der Waals surface area contributed by atoms with Gasteiger partial charge in [0.2, 0.25) is 0 Å². The van der Waals surface area contributed by atoms with Gasteiger partial charge in [-0.2, -0.15) is 0 Å². The molecule has 3 aromatic carbocycles. The number of benzene rings is 3. The van der Waals surface area contributed by atoms with Crippen molar-refractivity contribution in [2.45, 2.75) is 0 Å². The Balaban J connectivity index is 1.91. The number of hydrogen-bond donors (Lipinski definition) is 3. The van der Waals surface area contributed by atoms with Crippen molar-refractivity contribution in [1.29, 1.82) is 0 Å². The molecular weight excluding hydrogens is 470 g/mol. The number of hydrogen-bond acceptors (Lipinski definition) is 2. The maximum absolute atomic E-state index is 6.24. The molecule has 0 atom stereocenters. The van der Waals surface area contributed by atoms with Crippen molar-refractivity contribution in [3.05, 3.63) is 51.4 Å². The highest BCUT2D eigenvalue weighted by Crippen LogP contribution is 2.41. The molecule has 0 aliphatic rings. The predicted molar refractivity (Wildman–Crippen MR) is 120 cm³/mol. The zero-order chi connectivity index (χ0) is 18.5. The van der Waals surface area contributed by atoms with Crippen LogP contribution in [0.2, 0.25) is 0 Å². The van der Waals surface area contributed by atoms with E-state index in [9.17, 15) is 0 Å². The molecule has 2 aromatic heterocycles. The van der Waals surface area contributed by atoms with Gasteiger partial charge in [0.05, 0.1) is 11.0 Å². The topological polar surface area (TPSA) is 52.8 Å². The highest BCUT2D eigenvalue weighted by atomic mass is 79.9. The monoisotopic (exact) mass is 485 g/mol. The van der Waals surface area contributed by atoms with Crippen LogP contribution in [0.4, 0.5) is 0 Å².